The third-order valence-corrected chi connectivity index (χ3v) is 20.0. The summed E-state index contributed by atoms with van der Waals surface area (Å²) in [6.07, 6.45) is 43.2. The number of hydrogen-bond donors (Lipinski definition) is 12. The average molecular weight is 1370 g/mol. The van der Waals surface area contributed by atoms with E-state index in [0.29, 0.717) is 12.8 Å². The number of hydrogen-bond acceptors (Lipinski definition) is 18. The Labute approximate surface area is 581 Å². The highest BCUT2D eigenvalue weighted by Gasteiger charge is 2.53. The van der Waals surface area contributed by atoms with Crippen molar-refractivity contribution in [3.63, 3.8) is 0 Å². The fraction of sp³-hybridized carbons (Fsp3) is 0.935. The van der Waals surface area contributed by atoms with Gasteiger partial charge in [0.05, 0.1) is 38.6 Å². The van der Waals surface area contributed by atoms with Gasteiger partial charge in [-0.1, -0.05) is 314 Å². The highest BCUT2D eigenvalue weighted by Crippen LogP contribution is 2.33. The maximum absolute atomic E-state index is 13.5. The maximum Gasteiger partial charge on any atom is 0.220 e. The zero-order valence-corrected chi connectivity index (χ0v) is 60.4. The van der Waals surface area contributed by atoms with Gasteiger partial charge in [-0.3, -0.25) is 4.79 Å². The molecule has 17 atom stereocenters. The molecule has 0 bridgehead atoms. The summed E-state index contributed by atoms with van der Waals surface area (Å²) in [5.74, 6) is -0.278. The van der Waals surface area contributed by atoms with E-state index >= 15 is 0 Å². The molecule has 3 rings (SSSR count). The second-order valence-electron chi connectivity index (χ2n) is 28.5. The quantitative estimate of drug-likeness (QED) is 0.0199. The SMILES string of the molecule is CCCCCCCCCCCCCCCC/C=C/CC/C=C/C(O)C(COC1OC(CO)C(OC2OC(CO)C(OC3OC(CO)C(O)C(O)C3O)C(O)C2O)C(O)C1O)NC(=O)CCCCCCCCCCCCCCCCCCCCCCCCCCCCCCCCC. The molecule has 0 aliphatic carbocycles. The first kappa shape index (κ1) is 88.5. The summed E-state index contributed by atoms with van der Waals surface area (Å²) in [6.45, 7) is 1.77. The highest BCUT2D eigenvalue weighted by atomic mass is 16.8. The van der Waals surface area contributed by atoms with Crippen LogP contribution in [0.2, 0.25) is 0 Å². The molecule has 96 heavy (non-hydrogen) atoms. The molecule has 0 radical (unpaired) electrons. The Morgan fingerprint density at radius 2 is 0.667 bits per heavy atom. The second kappa shape index (κ2) is 58.7. The molecule has 3 heterocycles. The van der Waals surface area contributed by atoms with Crippen LogP contribution in [-0.4, -0.2) is 193 Å². The normalized spacial score (nSPS) is 27.1. The highest BCUT2D eigenvalue weighted by molar-refractivity contribution is 5.76. The molecule has 3 aliphatic heterocycles. The van der Waals surface area contributed by atoms with E-state index in [1.807, 2.05) is 6.08 Å². The van der Waals surface area contributed by atoms with Gasteiger partial charge in [-0.25, -0.2) is 0 Å². The Bertz CT molecular complexity index is 1830. The molecule has 1 amide bonds. The zero-order valence-electron chi connectivity index (χ0n) is 60.4. The molecule has 0 aromatic heterocycles. The summed E-state index contributed by atoms with van der Waals surface area (Å²) in [6, 6.07) is -0.988. The topological polar surface area (TPSA) is 307 Å². The van der Waals surface area contributed by atoms with Crippen molar-refractivity contribution >= 4 is 5.91 Å². The molecule has 3 fully saturated rings. The molecule has 17 unspecified atom stereocenters. The number of carbonyl (C=O) groups excluding carboxylic acids is 1. The standard InChI is InChI=1S/C77H145NO18/c1-3-5-7-9-11-13-15-17-19-21-23-25-26-27-28-29-30-31-32-33-34-35-37-39-41-43-45-47-49-51-53-55-65(83)78-60(61(82)54-52-50-48-46-44-42-40-38-36-24-22-20-18-16-14-12-10-8-6-4-2)59-91-75-71(89)68(86)73(63(57-80)93-75)96-77-72(90)69(87)74(64(58-81)94-77)95-76-70(88)67(85)66(84)62(56-79)92-76/h44,46,52,54,60-64,66-77,79-82,84-90H,3-43,45,47-51,53,55-59H2,1-2H3,(H,78,83)/b46-44+,54-52+. The van der Waals surface area contributed by atoms with Crippen LogP contribution in [-0.2, 0) is 33.2 Å². The predicted molar refractivity (Wildman–Crippen MR) is 379 cm³/mol. The fourth-order valence-electron chi connectivity index (χ4n) is 13.6. The minimum Gasteiger partial charge on any atom is -0.394 e. The van der Waals surface area contributed by atoms with Crippen LogP contribution in [0.3, 0.4) is 0 Å². The van der Waals surface area contributed by atoms with Gasteiger partial charge in [-0.15, -0.1) is 0 Å². The van der Waals surface area contributed by atoms with Crippen LogP contribution in [0.4, 0.5) is 0 Å². The van der Waals surface area contributed by atoms with Crippen LogP contribution in [0.5, 0.6) is 0 Å². The Morgan fingerprint density at radius 3 is 1.04 bits per heavy atom. The van der Waals surface area contributed by atoms with E-state index in [0.717, 1.165) is 38.5 Å². The molecule has 0 saturated carbocycles. The first-order chi connectivity index (χ1) is 46.8. The van der Waals surface area contributed by atoms with E-state index in [-0.39, 0.29) is 18.9 Å². The van der Waals surface area contributed by atoms with Crippen molar-refractivity contribution in [2.75, 3.05) is 26.4 Å². The molecule has 0 aromatic carbocycles. The van der Waals surface area contributed by atoms with Gasteiger partial charge in [0.15, 0.2) is 18.9 Å². The van der Waals surface area contributed by atoms with Crippen molar-refractivity contribution < 1.29 is 89.4 Å². The number of rotatable bonds is 63. The molecular weight excluding hydrogens is 1230 g/mol. The van der Waals surface area contributed by atoms with Crippen molar-refractivity contribution in [1.29, 1.82) is 0 Å². The van der Waals surface area contributed by atoms with Crippen molar-refractivity contribution in [3.8, 4) is 0 Å². The Morgan fingerprint density at radius 1 is 0.365 bits per heavy atom. The van der Waals surface area contributed by atoms with Crippen molar-refractivity contribution in [3.05, 3.63) is 24.3 Å². The molecular formula is C77H145NO18. The van der Waals surface area contributed by atoms with Gasteiger partial charge in [-0.05, 0) is 32.1 Å². The minimum absolute atomic E-state index is 0.241. The number of aliphatic hydroxyl groups is 11. The Hall–Kier alpha value is -1.73. The molecule has 3 saturated heterocycles. The predicted octanol–water partition coefficient (Wildman–Crippen LogP) is 12.6. The van der Waals surface area contributed by atoms with Gasteiger partial charge in [0.2, 0.25) is 5.91 Å². The number of amides is 1. The van der Waals surface area contributed by atoms with E-state index in [4.69, 9.17) is 28.4 Å². The number of carbonyl (C=O) groups is 1. The van der Waals surface area contributed by atoms with Crippen LogP contribution in [0.15, 0.2) is 24.3 Å². The smallest absolute Gasteiger partial charge is 0.220 e. The summed E-state index contributed by atoms with van der Waals surface area (Å²) in [4.78, 5) is 13.5. The van der Waals surface area contributed by atoms with E-state index < -0.39 is 124 Å². The van der Waals surface area contributed by atoms with Crippen LogP contribution < -0.4 is 5.32 Å². The number of nitrogens with one attached hydrogen (secondary N) is 1. The minimum atomic E-state index is -1.98. The lowest BCUT2D eigenvalue weighted by molar-refractivity contribution is -0.379. The van der Waals surface area contributed by atoms with E-state index in [2.05, 4.69) is 31.3 Å². The largest absolute Gasteiger partial charge is 0.394 e. The summed E-state index contributed by atoms with van der Waals surface area (Å²) in [5, 5.41) is 121. The third-order valence-electron chi connectivity index (χ3n) is 20.0. The monoisotopic (exact) mass is 1370 g/mol. The molecule has 0 aromatic rings. The lowest BCUT2D eigenvalue weighted by atomic mass is 9.96. The van der Waals surface area contributed by atoms with Gasteiger partial charge in [0.1, 0.15) is 73.2 Å². The maximum atomic E-state index is 13.5. The molecule has 0 spiro atoms. The number of unbranched alkanes of at least 4 members (excludes halogenated alkanes) is 45. The number of ether oxygens (including phenoxy) is 6. The van der Waals surface area contributed by atoms with E-state index in [1.165, 1.54) is 257 Å². The average Bonchev–Trinajstić information content (AvgIpc) is 0.787. The van der Waals surface area contributed by atoms with E-state index in [1.54, 1.807) is 6.08 Å². The van der Waals surface area contributed by atoms with Gasteiger partial charge in [0.25, 0.3) is 0 Å². The van der Waals surface area contributed by atoms with Gasteiger partial charge in [-0.2, -0.15) is 0 Å². The van der Waals surface area contributed by atoms with Gasteiger partial charge < -0.3 is 89.9 Å². The summed E-state index contributed by atoms with van der Waals surface area (Å²) in [5.41, 5.74) is 0. The molecule has 12 N–H and O–H groups in total. The van der Waals surface area contributed by atoms with Crippen LogP contribution in [0.1, 0.15) is 328 Å². The van der Waals surface area contributed by atoms with Crippen molar-refractivity contribution in [2.45, 2.75) is 433 Å². The van der Waals surface area contributed by atoms with Crippen molar-refractivity contribution in [2.24, 2.45) is 0 Å². The summed E-state index contributed by atoms with van der Waals surface area (Å²) < 4.78 is 34.4. The molecule has 3 aliphatic rings. The third kappa shape index (κ3) is 39.1. The summed E-state index contributed by atoms with van der Waals surface area (Å²) in [7, 11) is 0. The van der Waals surface area contributed by atoms with Crippen LogP contribution in [0, 0.1) is 0 Å². The first-order valence-corrected chi connectivity index (χ1v) is 39.6. The summed E-state index contributed by atoms with van der Waals surface area (Å²) >= 11 is 0. The second-order valence-corrected chi connectivity index (χ2v) is 28.5. The zero-order chi connectivity index (χ0) is 69.6. The van der Waals surface area contributed by atoms with E-state index in [9.17, 15) is 61.0 Å². The van der Waals surface area contributed by atoms with Crippen molar-refractivity contribution in [1.82, 2.24) is 5.32 Å². The molecule has 19 nitrogen and oxygen atoms in total. The van der Waals surface area contributed by atoms with Gasteiger partial charge in [0, 0.05) is 6.42 Å². The fourth-order valence-corrected chi connectivity index (χ4v) is 13.6. The van der Waals surface area contributed by atoms with Crippen LogP contribution >= 0.6 is 0 Å². The van der Waals surface area contributed by atoms with Gasteiger partial charge >= 0.3 is 0 Å². The molecule has 19 heteroatoms. The lowest BCUT2D eigenvalue weighted by Crippen LogP contribution is -2.66. The van der Waals surface area contributed by atoms with Crippen LogP contribution in [0.25, 0.3) is 0 Å². The Balaban J connectivity index is 1.37. The number of allylic oxidation sites excluding steroid dienone is 3. The number of aliphatic hydroxyl groups excluding tert-OH is 11. The Kier molecular flexibility index (Phi) is 54.1. The first-order valence-electron chi connectivity index (χ1n) is 39.6. The lowest BCUT2D eigenvalue weighted by Gasteiger charge is -2.48. The molecule has 566 valence electrons.